The molecule has 12 heteroatoms. The van der Waals surface area contributed by atoms with Crippen LogP contribution < -0.4 is 10.2 Å². The number of aliphatic hydroxyl groups is 4. The Morgan fingerprint density at radius 1 is 0.879 bits per heavy atom. The molecule has 3 aromatic rings. The standard InChI is InChI=1S/C21H20O12/c22-6-14-17(27)19(29)20(30)21(33-14)32-13-5-12-15(18(28)16(13)26)10(25)4-11(31-12)7-1-2-8(23)9(24)3-7/h1-5,14,17,19-24,26-30H,6H2/t14-,17-,19+,20-,21-/m0/s1. The summed E-state index contributed by atoms with van der Waals surface area (Å²) in [5.41, 5.74) is -0.778. The molecule has 0 aliphatic carbocycles. The van der Waals surface area contributed by atoms with Crippen molar-refractivity contribution in [1.29, 1.82) is 0 Å². The van der Waals surface area contributed by atoms with Gasteiger partial charge in [-0.3, -0.25) is 4.79 Å². The molecular formula is C21H20O12. The minimum atomic E-state index is -1.79. The van der Waals surface area contributed by atoms with E-state index in [4.69, 9.17) is 13.9 Å². The van der Waals surface area contributed by atoms with E-state index in [9.17, 15) is 45.6 Å². The second-order valence-corrected chi connectivity index (χ2v) is 7.44. The molecule has 0 spiro atoms. The minimum absolute atomic E-state index is 0.0494. The van der Waals surface area contributed by atoms with Crippen molar-refractivity contribution in [2.75, 3.05) is 6.61 Å². The molecule has 0 unspecified atom stereocenters. The summed E-state index contributed by atoms with van der Waals surface area (Å²) >= 11 is 0. The number of phenols is 4. The Kier molecular flexibility index (Phi) is 5.78. The zero-order valence-electron chi connectivity index (χ0n) is 16.7. The second kappa shape index (κ2) is 8.42. The smallest absolute Gasteiger partial charge is 0.229 e. The highest BCUT2D eigenvalue weighted by molar-refractivity contribution is 5.89. The fraction of sp³-hybridized carbons (Fsp3) is 0.286. The van der Waals surface area contributed by atoms with Crippen LogP contribution in [-0.4, -0.2) is 78.2 Å². The first-order valence-electron chi connectivity index (χ1n) is 9.64. The van der Waals surface area contributed by atoms with Crippen molar-refractivity contribution >= 4 is 11.0 Å². The third-order valence-electron chi connectivity index (χ3n) is 5.28. The molecule has 0 saturated carbocycles. The first-order chi connectivity index (χ1) is 15.6. The minimum Gasteiger partial charge on any atom is -0.504 e. The molecule has 176 valence electrons. The molecule has 1 fully saturated rings. The molecule has 1 aliphatic rings. The van der Waals surface area contributed by atoms with Crippen molar-refractivity contribution in [2.24, 2.45) is 0 Å². The van der Waals surface area contributed by atoms with Gasteiger partial charge in [-0.25, -0.2) is 0 Å². The number of ether oxygens (including phenoxy) is 2. The first-order valence-corrected chi connectivity index (χ1v) is 9.64. The van der Waals surface area contributed by atoms with Crippen molar-refractivity contribution in [1.82, 2.24) is 0 Å². The van der Waals surface area contributed by atoms with Gasteiger partial charge in [-0.2, -0.15) is 0 Å². The number of benzene rings is 2. The summed E-state index contributed by atoms with van der Waals surface area (Å²) in [4.78, 5) is 12.6. The quantitative estimate of drug-likeness (QED) is 0.229. The van der Waals surface area contributed by atoms with E-state index in [1.165, 1.54) is 12.1 Å². The summed E-state index contributed by atoms with van der Waals surface area (Å²) in [7, 11) is 0. The second-order valence-electron chi connectivity index (χ2n) is 7.44. The summed E-state index contributed by atoms with van der Waals surface area (Å²) in [6, 6.07) is 5.72. The molecule has 0 radical (unpaired) electrons. The van der Waals surface area contributed by atoms with Gasteiger partial charge in [-0.05, 0) is 18.2 Å². The third-order valence-corrected chi connectivity index (χ3v) is 5.28. The van der Waals surface area contributed by atoms with Gasteiger partial charge >= 0.3 is 0 Å². The highest BCUT2D eigenvalue weighted by Crippen LogP contribution is 2.43. The van der Waals surface area contributed by atoms with Crippen molar-refractivity contribution < 1.29 is 54.7 Å². The first kappa shape index (κ1) is 22.6. The van der Waals surface area contributed by atoms with E-state index in [2.05, 4.69) is 0 Å². The number of hydrogen-bond donors (Lipinski definition) is 8. The molecule has 2 heterocycles. The predicted octanol–water partition coefficient (Wildman–Crippen LogP) is -0.539. The van der Waals surface area contributed by atoms with Crippen LogP contribution in [0.3, 0.4) is 0 Å². The predicted molar refractivity (Wildman–Crippen MR) is 109 cm³/mol. The number of aliphatic hydroxyl groups excluding tert-OH is 4. The van der Waals surface area contributed by atoms with Crippen LogP contribution in [0.2, 0.25) is 0 Å². The molecule has 33 heavy (non-hydrogen) atoms. The molecule has 0 amide bonds. The fourth-order valence-electron chi connectivity index (χ4n) is 3.47. The van der Waals surface area contributed by atoms with Crippen molar-refractivity contribution in [3.05, 3.63) is 40.6 Å². The topological polar surface area (TPSA) is 211 Å². The van der Waals surface area contributed by atoms with Gasteiger partial charge in [0.05, 0.1) is 6.61 Å². The largest absolute Gasteiger partial charge is 0.504 e. The van der Waals surface area contributed by atoms with E-state index in [0.717, 1.165) is 18.2 Å². The van der Waals surface area contributed by atoms with Crippen LogP contribution in [0.15, 0.2) is 39.5 Å². The Morgan fingerprint density at radius 3 is 2.27 bits per heavy atom. The van der Waals surface area contributed by atoms with Crippen LogP contribution >= 0.6 is 0 Å². The molecule has 5 atom stereocenters. The van der Waals surface area contributed by atoms with Gasteiger partial charge in [0.2, 0.25) is 12.0 Å². The van der Waals surface area contributed by atoms with Crippen LogP contribution in [-0.2, 0) is 4.74 Å². The highest BCUT2D eigenvalue weighted by Gasteiger charge is 2.45. The summed E-state index contributed by atoms with van der Waals surface area (Å²) in [6.45, 7) is -0.711. The lowest BCUT2D eigenvalue weighted by Crippen LogP contribution is -2.60. The molecule has 0 bridgehead atoms. The van der Waals surface area contributed by atoms with E-state index in [1.807, 2.05) is 0 Å². The molecular weight excluding hydrogens is 444 g/mol. The maximum atomic E-state index is 12.6. The van der Waals surface area contributed by atoms with Crippen molar-refractivity contribution in [3.63, 3.8) is 0 Å². The van der Waals surface area contributed by atoms with Gasteiger partial charge in [0.1, 0.15) is 41.1 Å². The maximum Gasteiger partial charge on any atom is 0.229 e. The lowest BCUT2D eigenvalue weighted by molar-refractivity contribution is -0.277. The van der Waals surface area contributed by atoms with E-state index in [1.54, 1.807) is 0 Å². The van der Waals surface area contributed by atoms with Crippen LogP contribution in [0.25, 0.3) is 22.3 Å². The Hall–Kier alpha value is -3.55. The third kappa shape index (κ3) is 3.90. The van der Waals surface area contributed by atoms with Gasteiger partial charge in [-0.1, -0.05) is 0 Å². The number of hydrogen-bond acceptors (Lipinski definition) is 12. The molecule has 12 nitrogen and oxygen atoms in total. The van der Waals surface area contributed by atoms with Crippen molar-refractivity contribution in [3.8, 4) is 40.1 Å². The summed E-state index contributed by atoms with van der Waals surface area (Å²) in [6.07, 6.45) is -8.13. The number of rotatable bonds is 4. The van der Waals surface area contributed by atoms with Gasteiger partial charge in [0.25, 0.3) is 0 Å². The highest BCUT2D eigenvalue weighted by atomic mass is 16.7. The molecule has 1 saturated heterocycles. The van der Waals surface area contributed by atoms with Gasteiger partial charge in [0, 0.05) is 17.7 Å². The van der Waals surface area contributed by atoms with Crippen molar-refractivity contribution in [2.45, 2.75) is 30.7 Å². The molecule has 1 aliphatic heterocycles. The Balaban J connectivity index is 1.77. The van der Waals surface area contributed by atoms with Crippen LogP contribution in [0.5, 0.6) is 28.7 Å². The Labute approximate surface area is 184 Å². The van der Waals surface area contributed by atoms with E-state index in [-0.39, 0.29) is 28.0 Å². The summed E-state index contributed by atoms with van der Waals surface area (Å²) < 4.78 is 16.2. The average Bonchev–Trinajstić information content (AvgIpc) is 2.78. The molecule has 8 N–H and O–H groups in total. The lowest BCUT2D eigenvalue weighted by atomic mass is 9.99. The Morgan fingerprint density at radius 2 is 1.61 bits per heavy atom. The summed E-state index contributed by atoms with van der Waals surface area (Å²) in [5.74, 6) is -3.18. The molecule has 2 aromatic carbocycles. The van der Waals surface area contributed by atoms with Crippen LogP contribution in [0.1, 0.15) is 0 Å². The van der Waals surface area contributed by atoms with Crippen LogP contribution in [0, 0.1) is 0 Å². The van der Waals surface area contributed by atoms with E-state index >= 15 is 0 Å². The molecule has 1 aromatic heterocycles. The van der Waals surface area contributed by atoms with Crippen LogP contribution in [0.4, 0.5) is 0 Å². The lowest BCUT2D eigenvalue weighted by Gasteiger charge is -2.39. The summed E-state index contributed by atoms with van der Waals surface area (Å²) in [5, 5.41) is 78.6. The number of aromatic hydroxyl groups is 4. The Bertz CT molecular complexity index is 1250. The van der Waals surface area contributed by atoms with Gasteiger partial charge in [-0.15, -0.1) is 0 Å². The molecule has 4 rings (SSSR count). The van der Waals surface area contributed by atoms with E-state index in [0.29, 0.717) is 0 Å². The van der Waals surface area contributed by atoms with Gasteiger partial charge in [0.15, 0.2) is 28.4 Å². The monoisotopic (exact) mass is 464 g/mol. The normalized spacial score (nSPS) is 25.3. The zero-order valence-corrected chi connectivity index (χ0v) is 16.7. The SMILES string of the molecule is O=c1cc(-c2ccc(O)c(O)c2)oc2cc(O[C@H]3O[C@@H](CO)[C@H](O)[C@@H](O)[C@@H]3O)c(O)c(O)c12. The van der Waals surface area contributed by atoms with Gasteiger partial charge < -0.3 is 54.7 Å². The number of phenolic OH excluding ortho intramolecular Hbond substituents is 4. The zero-order chi connectivity index (χ0) is 24.0. The average molecular weight is 464 g/mol. The maximum absolute atomic E-state index is 12.6. The van der Waals surface area contributed by atoms with E-state index < -0.39 is 65.7 Å². The fourth-order valence-corrected chi connectivity index (χ4v) is 3.47. The number of fused-ring (bicyclic) bond motifs is 1.